The maximum atomic E-state index is 12.3. The van der Waals surface area contributed by atoms with Crippen LogP contribution < -0.4 is 5.32 Å². The molecule has 1 amide bonds. The van der Waals surface area contributed by atoms with Gasteiger partial charge in [0.05, 0.1) is 5.51 Å². The third-order valence-electron chi connectivity index (χ3n) is 3.19. The first-order valence-electron chi connectivity index (χ1n) is 6.47. The zero-order chi connectivity index (χ0) is 14.7. The number of nitrogens with one attached hydrogen (secondary N) is 1. The van der Waals surface area contributed by atoms with Crippen LogP contribution in [-0.4, -0.2) is 20.4 Å². The number of benzene rings is 1. The van der Waals surface area contributed by atoms with E-state index in [0.717, 1.165) is 11.4 Å². The van der Waals surface area contributed by atoms with Crippen LogP contribution in [0.25, 0.3) is 0 Å². The van der Waals surface area contributed by atoms with Gasteiger partial charge in [-0.15, -0.1) is 11.3 Å². The number of hydrogen-bond acceptors (Lipinski definition) is 4. The zero-order valence-electron chi connectivity index (χ0n) is 11.4. The molecule has 1 aromatic carbocycles. The Kier molecular flexibility index (Phi) is 3.79. The largest absolute Gasteiger partial charge is 0.337 e. The van der Waals surface area contributed by atoms with Gasteiger partial charge in [-0.25, -0.2) is 9.97 Å². The fourth-order valence-electron chi connectivity index (χ4n) is 2.13. The monoisotopic (exact) mass is 298 g/mol. The quantitative estimate of drug-likeness (QED) is 0.804. The molecule has 0 radical (unpaired) electrons. The Hall–Kier alpha value is -2.47. The second-order valence-electron chi connectivity index (χ2n) is 4.59. The molecule has 106 valence electrons. The lowest BCUT2D eigenvalue weighted by Crippen LogP contribution is -2.31. The van der Waals surface area contributed by atoms with Crippen molar-refractivity contribution in [3.63, 3.8) is 0 Å². The molecule has 0 aliphatic carbocycles. The highest BCUT2D eigenvalue weighted by atomic mass is 32.1. The van der Waals surface area contributed by atoms with Gasteiger partial charge in [-0.3, -0.25) is 4.79 Å². The summed E-state index contributed by atoms with van der Waals surface area (Å²) in [4.78, 5) is 20.7. The lowest BCUT2D eigenvalue weighted by Gasteiger charge is -2.18. The van der Waals surface area contributed by atoms with Gasteiger partial charge in [0.25, 0.3) is 5.91 Å². The van der Waals surface area contributed by atoms with Crippen LogP contribution in [-0.2, 0) is 7.05 Å². The van der Waals surface area contributed by atoms with Crippen molar-refractivity contribution in [2.24, 2.45) is 7.05 Å². The standard InChI is InChI=1S/C15H14N4OS/c1-19-8-7-16-14(19)13(11-5-3-2-4-6-11)18-15(20)12-9-21-10-17-12/h2-10,13H,1H3,(H,18,20). The molecule has 3 rings (SSSR count). The Morgan fingerprint density at radius 1 is 1.29 bits per heavy atom. The van der Waals surface area contributed by atoms with Crippen LogP contribution in [0.5, 0.6) is 0 Å². The third kappa shape index (κ3) is 2.85. The predicted molar refractivity (Wildman–Crippen MR) is 81.1 cm³/mol. The number of aryl methyl sites for hydroxylation is 1. The number of carbonyl (C=O) groups is 1. The summed E-state index contributed by atoms with van der Waals surface area (Å²) in [7, 11) is 1.91. The molecule has 0 bridgehead atoms. The van der Waals surface area contributed by atoms with E-state index in [-0.39, 0.29) is 11.9 Å². The predicted octanol–water partition coefficient (Wildman–Crippen LogP) is 2.40. The van der Waals surface area contributed by atoms with E-state index in [1.807, 2.05) is 48.1 Å². The molecule has 1 unspecified atom stereocenters. The van der Waals surface area contributed by atoms with Crippen molar-refractivity contribution in [2.75, 3.05) is 0 Å². The molecule has 0 aliphatic rings. The third-order valence-corrected chi connectivity index (χ3v) is 3.78. The summed E-state index contributed by atoms with van der Waals surface area (Å²) in [6.07, 6.45) is 3.58. The van der Waals surface area contributed by atoms with Gasteiger partial charge in [0, 0.05) is 24.8 Å². The Balaban J connectivity index is 1.94. The van der Waals surface area contributed by atoms with Crippen LogP contribution in [0.4, 0.5) is 0 Å². The SMILES string of the molecule is Cn1ccnc1C(NC(=O)c1cscn1)c1ccccc1. The molecule has 21 heavy (non-hydrogen) atoms. The lowest BCUT2D eigenvalue weighted by molar-refractivity contribution is 0.0937. The molecule has 0 fully saturated rings. The van der Waals surface area contributed by atoms with Gasteiger partial charge in [0.2, 0.25) is 0 Å². The average Bonchev–Trinajstić information content (AvgIpc) is 3.17. The number of amides is 1. The highest BCUT2D eigenvalue weighted by molar-refractivity contribution is 7.07. The van der Waals surface area contributed by atoms with Crippen LogP contribution in [0.15, 0.2) is 53.6 Å². The summed E-state index contributed by atoms with van der Waals surface area (Å²) >= 11 is 1.40. The van der Waals surface area contributed by atoms with Gasteiger partial charge < -0.3 is 9.88 Å². The number of carbonyl (C=O) groups excluding carboxylic acids is 1. The number of aromatic nitrogens is 3. The lowest BCUT2D eigenvalue weighted by atomic mass is 10.1. The normalized spacial score (nSPS) is 12.0. The molecular weight excluding hydrogens is 284 g/mol. The van der Waals surface area contributed by atoms with Gasteiger partial charge in [0.1, 0.15) is 17.6 Å². The molecule has 0 saturated carbocycles. The molecule has 5 nitrogen and oxygen atoms in total. The fraction of sp³-hybridized carbons (Fsp3) is 0.133. The van der Waals surface area contributed by atoms with Crippen molar-refractivity contribution >= 4 is 17.2 Å². The van der Waals surface area contributed by atoms with Crippen molar-refractivity contribution in [1.29, 1.82) is 0 Å². The van der Waals surface area contributed by atoms with Crippen LogP contribution in [0, 0.1) is 0 Å². The molecule has 0 spiro atoms. The average molecular weight is 298 g/mol. The summed E-state index contributed by atoms with van der Waals surface area (Å²) in [5.41, 5.74) is 3.05. The molecule has 2 heterocycles. The first-order valence-corrected chi connectivity index (χ1v) is 7.41. The van der Waals surface area contributed by atoms with Crippen LogP contribution in [0.2, 0.25) is 0 Å². The van der Waals surface area contributed by atoms with Crippen molar-refractivity contribution in [3.05, 3.63) is 70.7 Å². The van der Waals surface area contributed by atoms with Crippen molar-refractivity contribution in [1.82, 2.24) is 19.9 Å². The molecule has 1 N–H and O–H groups in total. The number of rotatable bonds is 4. The van der Waals surface area contributed by atoms with Crippen molar-refractivity contribution in [3.8, 4) is 0 Å². The number of thiazole rings is 1. The van der Waals surface area contributed by atoms with Gasteiger partial charge in [-0.1, -0.05) is 30.3 Å². The summed E-state index contributed by atoms with van der Waals surface area (Å²) in [5, 5.41) is 4.73. The molecule has 0 aliphatic heterocycles. The number of hydrogen-bond donors (Lipinski definition) is 1. The topological polar surface area (TPSA) is 59.8 Å². The van der Waals surface area contributed by atoms with Crippen molar-refractivity contribution in [2.45, 2.75) is 6.04 Å². The Labute approximate surface area is 126 Å². The second kappa shape index (κ2) is 5.88. The minimum Gasteiger partial charge on any atom is -0.337 e. The second-order valence-corrected chi connectivity index (χ2v) is 5.31. The highest BCUT2D eigenvalue weighted by Crippen LogP contribution is 2.20. The molecule has 3 aromatic rings. The van der Waals surface area contributed by atoms with E-state index in [1.54, 1.807) is 17.1 Å². The maximum absolute atomic E-state index is 12.3. The summed E-state index contributed by atoms with van der Waals surface area (Å²) in [6.45, 7) is 0. The minimum atomic E-state index is -0.305. The zero-order valence-corrected chi connectivity index (χ0v) is 12.2. The van der Waals surface area contributed by atoms with E-state index in [9.17, 15) is 4.79 Å². The fourth-order valence-corrected chi connectivity index (χ4v) is 2.66. The molecule has 0 saturated heterocycles. The van der Waals surface area contributed by atoms with E-state index in [0.29, 0.717) is 5.69 Å². The molecule has 2 aromatic heterocycles. The summed E-state index contributed by atoms with van der Waals surface area (Å²) in [5.74, 6) is 0.581. The van der Waals surface area contributed by atoms with Gasteiger partial charge in [0.15, 0.2) is 0 Å². The van der Waals surface area contributed by atoms with Crippen LogP contribution in [0.1, 0.15) is 27.9 Å². The highest BCUT2D eigenvalue weighted by Gasteiger charge is 2.21. The molecule has 1 atom stereocenters. The Morgan fingerprint density at radius 2 is 2.10 bits per heavy atom. The first-order chi connectivity index (χ1) is 10.3. The minimum absolute atomic E-state index is 0.201. The van der Waals surface area contributed by atoms with Gasteiger partial charge in [-0.05, 0) is 5.56 Å². The first kappa shape index (κ1) is 13.5. The van der Waals surface area contributed by atoms with Crippen LogP contribution >= 0.6 is 11.3 Å². The molecular formula is C15H14N4OS. The van der Waals surface area contributed by atoms with E-state index >= 15 is 0 Å². The van der Waals surface area contributed by atoms with Gasteiger partial charge in [-0.2, -0.15) is 0 Å². The summed E-state index contributed by atoms with van der Waals surface area (Å²) in [6, 6.07) is 9.48. The molecule has 6 heteroatoms. The van der Waals surface area contributed by atoms with E-state index in [2.05, 4.69) is 15.3 Å². The van der Waals surface area contributed by atoms with Gasteiger partial charge >= 0.3 is 0 Å². The maximum Gasteiger partial charge on any atom is 0.271 e. The van der Waals surface area contributed by atoms with Crippen molar-refractivity contribution < 1.29 is 4.79 Å². The number of nitrogens with zero attached hydrogens (tertiary/aromatic N) is 3. The van der Waals surface area contributed by atoms with E-state index in [1.165, 1.54) is 11.3 Å². The smallest absolute Gasteiger partial charge is 0.271 e. The Bertz CT molecular complexity index is 721. The number of imidazole rings is 1. The summed E-state index contributed by atoms with van der Waals surface area (Å²) < 4.78 is 1.90. The Morgan fingerprint density at radius 3 is 2.71 bits per heavy atom. The van der Waals surface area contributed by atoms with E-state index < -0.39 is 0 Å². The van der Waals surface area contributed by atoms with Crippen LogP contribution in [0.3, 0.4) is 0 Å². The van der Waals surface area contributed by atoms with E-state index in [4.69, 9.17) is 0 Å².